The van der Waals surface area contributed by atoms with E-state index in [1.54, 1.807) is 56.8 Å². The van der Waals surface area contributed by atoms with Gasteiger partial charge in [0.25, 0.3) is 0 Å². The molecule has 2 atom stereocenters. The first-order valence-corrected chi connectivity index (χ1v) is 15.5. The van der Waals surface area contributed by atoms with Crippen LogP contribution in [0, 0.1) is 0 Å². The number of ether oxygens (including phenoxy) is 2. The maximum atomic E-state index is 11.7. The average molecular weight is 632 g/mol. The van der Waals surface area contributed by atoms with Gasteiger partial charge in [-0.05, 0) is 59.9 Å². The Hall–Kier alpha value is -3.99. The number of nitrogens with zero attached hydrogens (tertiary/aromatic N) is 8. The minimum absolute atomic E-state index is 0.0992. The molecule has 14 nitrogen and oxygen atoms in total. The number of nitrogens with one attached hydrogen (secondary N) is 2. The first kappa shape index (κ1) is 31.4. The highest BCUT2D eigenvalue weighted by atomic mass is 32.1. The fourth-order valence-corrected chi connectivity index (χ4v) is 6.51. The summed E-state index contributed by atoms with van der Waals surface area (Å²) in [5.41, 5.74) is 0. The smallest absolute Gasteiger partial charge is 0.226 e. The summed E-state index contributed by atoms with van der Waals surface area (Å²) in [6, 6.07) is 8.08. The molecule has 0 saturated carbocycles. The zero-order valence-corrected chi connectivity index (χ0v) is 25.5. The van der Waals surface area contributed by atoms with Crippen LogP contribution in [0.4, 0.5) is 0 Å². The quantitative estimate of drug-likeness (QED) is 0.219. The molecule has 18 heteroatoms. The maximum absolute atomic E-state index is 11.7. The topological polar surface area (TPSA) is 168 Å². The molecular weight excluding hydrogens is 602 g/mol. The molecule has 4 aromatic rings. The summed E-state index contributed by atoms with van der Waals surface area (Å²) in [7, 11) is 7.28. The summed E-state index contributed by atoms with van der Waals surface area (Å²) < 4.78 is 11.5. The van der Waals surface area contributed by atoms with Crippen LogP contribution in [-0.4, -0.2) is 104 Å². The predicted octanol–water partition coefficient (Wildman–Crippen LogP) is 1.62. The molecule has 0 spiro atoms. The number of hydrogen-bond donors (Lipinski definition) is 2. The van der Waals surface area contributed by atoms with Crippen LogP contribution in [0.5, 0.6) is 0 Å². The number of hydrogen-bond acceptors (Lipinski definition) is 12. The lowest BCUT2D eigenvalue weighted by molar-refractivity contribution is -0.127. The van der Waals surface area contributed by atoms with Crippen LogP contribution in [0.25, 0.3) is 21.4 Å². The molecule has 2 amide bonds. The number of thiophene rings is 2. The molecular formula is C26H30B2N10O4S2. The van der Waals surface area contributed by atoms with Gasteiger partial charge >= 0.3 is 0 Å². The highest BCUT2D eigenvalue weighted by molar-refractivity contribution is 7.15. The largest absolute Gasteiger partial charge is 0.374 e. The van der Waals surface area contributed by atoms with Crippen molar-refractivity contribution in [2.45, 2.75) is 51.0 Å². The number of H-pyrrole nitrogens is 2. The molecule has 2 N–H and O–H groups in total. The van der Waals surface area contributed by atoms with Crippen LogP contribution in [0.15, 0.2) is 48.6 Å². The third kappa shape index (κ3) is 8.13. The number of likely N-dealkylation sites (tertiary alicyclic amines) is 2. The van der Waals surface area contributed by atoms with Gasteiger partial charge in [-0.3, -0.25) is 9.59 Å². The van der Waals surface area contributed by atoms with Gasteiger partial charge in [0.15, 0.2) is 0 Å². The molecule has 2 radical (unpaired) electrons. The molecule has 2 saturated heterocycles. The number of aromatic amines is 2. The lowest BCUT2D eigenvalue weighted by Crippen LogP contribution is -2.31. The number of amides is 2. The normalized spacial score (nSPS) is 18.6. The van der Waals surface area contributed by atoms with Crippen molar-refractivity contribution in [2.75, 3.05) is 13.2 Å². The third-order valence-corrected chi connectivity index (χ3v) is 8.95. The van der Waals surface area contributed by atoms with E-state index < -0.39 is 0 Å². The molecule has 2 aliphatic heterocycles. The minimum Gasteiger partial charge on any atom is -0.374 e. The molecule has 2 unspecified atom stereocenters. The van der Waals surface area contributed by atoms with Crippen LogP contribution < -0.4 is 0 Å². The van der Waals surface area contributed by atoms with E-state index in [1.807, 2.05) is 24.3 Å². The van der Waals surface area contributed by atoms with Gasteiger partial charge in [0.05, 0.1) is 48.3 Å². The van der Waals surface area contributed by atoms with E-state index in [1.165, 1.54) is 0 Å². The second-order valence-corrected chi connectivity index (χ2v) is 12.1. The van der Waals surface area contributed by atoms with Crippen molar-refractivity contribution in [1.29, 1.82) is 0 Å². The molecule has 44 heavy (non-hydrogen) atoms. The Morgan fingerprint density at radius 3 is 1.61 bits per heavy atom. The van der Waals surface area contributed by atoms with Crippen LogP contribution in [0.2, 0.25) is 0 Å². The van der Waals surface area contributed by atoms with Gasteiger partial charge in [-0.1, -0.05) is 0 Å². The van der Waals surface area contributed by atoms with E-state index in [4.69, 9.17) is 9.47 Å². The number of aromatic nitrogens is 8. The fraction of sp³-hybridized carbons (Fsp3) is 0.385. The predicted molar refractivity (Wildman–Crippen MR) is 167 cm³/mol. The van der Waals surface area contributed by atoms with Crippen LogP contribution in [0.1, 0.15) is 35.4 Å². The minimum atomic E-state index is 0.0992. The molecule has 0 aromatic carbocycles. The Balaban J connectivity index is 0.000000175. The zero-order chi connectivity index (χ0) is 30.7. The van der Waals surface area contributed by atoms with Crippen LogP contribution in [0.3, 0.4) is 0 Å². The van der Waals surface area contributed by atoms with Crippen molar-refractivity contribution in [1.82, 2.24) is 51.0 Å². The molecule has 2 aliphatic rings. The Morgan fingerprint density at radius 2 is 1.23 bits per heavy atom. The van der Waals surface area contributed by atoms with Gasteiger partial charge in [0.2, 0.25) is 23.5 Å². The first-order chi connectivity index (χ1) is 21.6. The fourth-order valence-electron chi connectivity index (χ4n) is 4.76. The van der Waals surface area contributed by atoms with Gasteiger partial charge in [-0.25, -0.2) is 0 Å². The van der Waals surface area contributed by atoms with Crippen LogP contribution in [-0.2, 0) is 32.3 Å². The van der Waals surface area contributed by atoms with Gasteiger partial charge in [-0.15, -0.1) is 55.0 Å². The molecule has 4 aromatic heterocycles. The SMILES string of the molecule is [BH]C=CN1C(=O)CCC1COCc1ccc(-c2nn[nH]n2)s1.[BH]C=CN1C(=O)CCC1COCc1ccc(-c2nn[nH]n2)s1. The molecule has 6 heterocycles. The summed E-state index contributed by atoms with van der Waals surface area (Å²) in [6.07, 6.45) is 6.23. The van der Waals surface area contributed by atoms with Crippen molar-refractivity contribution < 1.29 is 19.1 Å². The highest BCUT2D eigenvalue weighted by Crippen LogP contribution is 2.27. The second kappa shape index (κ2) is 15.7. The Bertz CT molecular complexity index is 1430. The Labute approximate surface area is 263 Å². The van der Waals surface area contributed by atoms with E-state index in [-0.39, 0.29) is 23.9 Å². The van der Waals surface area contributed by atoms with Crippen molar-refractivity contribution in [3.8, 4) is 21.4 Å². The summed E-state index contributed by atoms with van der Waals surface area (Å²) in [4.78, 5) is 30.9. The molecule has 6 rings (SSSR count). The zero-order valence-electron chi connectivity index (χ0n) is 23.9. The average Bonchev–Trinajstić information content (AvgIpc) is 3.85. The number of rotatable bonds is 12. The standard InChI is InChI=1S/2C13H15BN5O2S/c2*14-5-6-19-9(1-4-12(19)20)7-21-8-10-2-3-11(22-10)13-15-17-18-16-13/h2*2-3,5-6,9,14H,1,4,7-8H2,(H,15,16,17,18). The Kier molecular flexibility index (Phi) is 11.2. The number of tetrazole rings is 2. The molecule has 0 aliphatic carbocycles. The van der Waals surface area contributed by atoms with E-state index in [2.05, 4.69) is 56.9 Å². The number of carbonyl (C=O) groups excluding carboxylic acids is 2. The molecule has 226 valence electrons. The molecule has 2 fully saturated rings. The van der Waals surface area contributed by atoms with Crippen LogP contribution >= 0.6 is 22.7 Å². The van der Waals surface area contributed by atoms with Gasteiger partial charge in [0, 0.05) is 22.6 Å². The monoisotopic (exact) mass is 632 g/mol. The van der Waals surface area contributed by atoms with Crippen molar-refractivity contribution >= 4 is 50.2 Å². The summed E-state index contributed by atoms with van der Waals surface area (Å²) in [6.45, 7) is 2.06. The first-order valence-electron chi connectivity index (χ1n) is 13.9. The van der Waals surface area contributed by atoms with E-state index in [9.17, 15) is 9.59 Å². The summed E-state index contributed by atoms with van der Waals surface area (Å²) in [5.74, 6) is 4.70. The van der Waals surface area contributed by atoms with Gasteiger partial charge < -0.3 is 19.3 Å². The third-order valence-electron chi connectivity index (χ3n) is 6.84. The molecule has 0 bridgehead atoms. The lowest BCUT2D eigenvalue weighted by atomic mass is 10.1. The second-order valence-electron chi connectivity index (χ2n) is 9.79. The number of carbonyl (C=O) groups is 2. The Morgan fingerprint density at radius 1 is 0.773 bits per heavy atom. The summed E-state index contributed by atoms with van der Waals surface area (Å²) >= 11 is 3.14. The highest BCUT2D eigenvalue weighted by Gasteiger charge is 2.30. The summed E-state index contributed by atoms with van der Waals surface area (Å²) in [5, 5.41) is 27.7. The van der Waals surface area contributed by atoms with E-state index >= 15 is 0 Å². The van der Waals surface area contributed by atoms with Crippen molar-refractivity contribution in [3.63, 3.8) is 0 Å². The van der Waals surface area contributed by atoms with Gasteiger partial charge in [-0.2, -0.15) is 10.4 Å². The lowest BCUT2D eigenvalue weighted by Gasteiger charge is -2.20. The van der Waals surface area contributed by atoms with Crippen molar-refractivity contribution in [2.24, 2.45) is 0 Å². The maximum Gasteiger partial charge on any atom is 0.226 e. The van der Waals surface area contributed by atoms with E-state index in [0.717, 1.165) is 32.4 Å². The van der Waals surface area contributed by atoms with E-state index in [0.29, 0.717) is 50.9 Å². The van der Waals surface area contributed by atoms with Gasteiger partial charge in [0.1, 0.15) is 15.7 Å². The van der Waals surface area contributed by atoms with Crippen molar-refractivity contribution in [3.05, 3.63) is 58.4 Å².